The fourth-order valence-electron chi connectivity index (χ4n) is 2.67. The van der Waals surface area contributed by atoms with E-state index in [0.29, 0.717) is 30.8 Å². The van der Waals surface area contributed by atoms with Crippen LogP contribution in [0.5, 0.6) is 0 Å². The van der Waals surface area contributed by atoms with Crippen molar-refractivity contribution in [1.29, 1.82) is 0 Å². The second-order valence-corrected chi connectivity index (χ2v) is 5.36. The number of alkyl halides is 3. The number of aromatic carboxylic acids is 1. The molecule has 0 bridgehead atoms. The molecule has 1 aliphatic heterocycles. The minimum absolute atomic E-state index is 0.130. The summed E-state index contributed by atoms with van der Waals surface area (Å²) in [6, 6.07) is 6.00. The Hall–Kier alpha value is -2.51. The normalized spacial score (nSPS) is 14.2. The van der Waals surface area contributed by atoms with Crippen molar-refractivity contribution < 1.29 is 23.1 Å². The predicted octanol–water partition coefficient (Wildman–Crippen LogP) is 3.01. The number of nitrogens with zero attached hydrogens (tertiary/aromatic N) is 2. The van der Waals surface area contributed by atoms with Crippen LogP contribution in [0.2, 0.25) is 0 Å². The second-order valence-electron chi connectivity index (χ2n) is 5.36. The van der Waals surface area contributed by atoms with Gasteiger partial charge in [-0.1, -0.05) is 12.1 Å². The molecule has 0 saturated heterocycles. The second kappa shape index (κ2) is 5.60. The lowest BCUT2D eigenvalue weighted by Gasteiger charge is -2.17. The summed E-state index contributed by atoms with van der Waals surface area (Å²) in [5, 5.41) is 15.6. The van der Waals surface area contributed by atoms with Crippen molar-refractivity contribution in [1.82, 2.24) is 9.78 Å². The number of halogens is 3. The van der Waals surface area contributed by atoms with Crippen molar-refractivity contribution in [2.75, 3.05) is 11.9 Å². The maximum absolute atomic E-state index is 13.1. The molecule has 2 heterocycles. The Labute approximate surface area is 129 Å². The number of nitrogens with one attached hydrogen (secondary N) is 1. The van der Waals surface area contributed by atoms with E-state index in [1.807, 2.05) is 0 Å². The van der Waals surface area contributed by atoms with E-state index in [1.54, 1.807) is 12.1 Å². The van der Waals surface area contributed by atoms with Gasteiger partial charge in [0.2, 0.25) is 0 Å². The highest BCUT2D eigenvalue weighted by atomic mass is 19.4. The molecule has 23 heavy (non-hydrogen) atoms. The van der Waals surface area contributed by atoms with Crippen LogP contribution in [0, 0.1) is 0 Å². The lowest BCUT2D eigenvalue weighted by atomic mass is 10.1. The van der Waals surface area contributed by atoms with E-state index in [9.17, 15) is 18.0 Å². The standard InChI is InChI=1S/C15H14F3N3O2/c16-15(17,18)12-11-2-1-7-19-13(11)21(20-12)8-9-3-5-10(6-4-9)14(22)23/h3-6,19H,1-2,7-8H2,(H,22,23). The molecule has 0 aliphatic carbocycles. The van der Waals surface area contributed by atoms with Crippen LogP contribution < -0.4 is 5.32 Å². The number of hydrogen-bond acceptors (Lipinski definition) is 3. The zero-order chi connectivity index (χ0) is 16.6. The number of hydrogen-bond donors (Lipinski definition) is 2. The Balaban J connectivity index is 1.93. The molecule has 3 rings (SSSR count). The number of fused-ring (bicyclic) bond motifs is 1. The highest BCUT2D eigenvalue weighted by Crippen LogP contribution is 2.36. The van der Waals surface area contributed by atoms with Crippen LogP contribution in [0.1, 0.15) is 33.6 Å². The predicted molar refractivity (Wildman–Crippen MR) is 76.5 cm³/mol. The number of anilines is 1. The van der Waals surface area contributed by atoms with Crippen LogP contribution in [0.3, 0.4) is 0 Å². The minimum Gasteiger partial charge on any atom is -0.478 e. The summed E-state index contributed by atoms with van der Waals surface area (Å²) in [5.74, 6) is -0.653. The zero-order valence-electron chi connectivity index (χ0n) is 12.0. The first-order valence-electron chi connectivity index (χ1n) is 7.09. The molecular formula is C15H14F3N3O2. The molecule has 0 saturated carbocycles. The third kappa shape index (κ3) is 3.01. The first-order valence-corrected chi connectivity index (χ1v) is 7.09. The first kappa shape index (κ1) is 15.4. The van der Waals surface area contributed by atoms with Crippen LogP contribution >= 0.6 is 0 Å². The molecule has 0 radical (unpaired) electrons. The summed E-state index contributed by atoms with van der Waals surface area (Å²) in [6.45, 7) is 0.749. The summed E-state index contributed by atoms with van der Waals surface area (Å²) in [6.07, 6.45) is -3.51. The number of aromatic nitrogens is 2. The van der Waals surface area contributed by atoms with Crippen LogP contribution in [-0.4, -0.2) is 27.4 Å². The van der Waals surface area contributed by atoms with Crippen molar-refractivity contribution >= 4 is 11.8 Å². The Bertz CT molecular complexity index is 736. The van der Waals surface area contributed by atoms with Crippen molar-refractivity contribution in [3.05, 3.63) is 46.6 Å². The van der Waals surface area contributed by atoms with Gasteiger partial charge in [-0.25, -0.2) is 9.48 Å². The number of rotatable bonds is 3. The quantitative estimate of drug-likeness (QED) is 0.910. The average Bonchev–Trinajstić information content (AvgIpc) is 2.87. The van der Waals surface area contributed by atoms with E-state index in [2.05, 4.69) is 10.4 Å². The molecule has 0 fully saturated rings. The average molecular weight is 325 g/mol. The molecule has 2 N–H and O–H groups in total. The fraction of sp³-hybridized carbons (Fsp3) is 0.333. The Morgan fingerprint density at radius 3 is 2.61 bits per heavy atom. The third-order valence-electron chi connectivity index (χ3n) is 3.75. The summed E-state index contributed by atoms with van der Waals surface area (Å²) < 4.78 is 40.6. The van der Waals surface area contributed by atoms with Gasteiger partial charge < -0.3 is 10.4 Å². The molecule has 1 aromatic heterocycles. The molecule has 0 amide bonds. The SMILES string of the molecule is O=C(O)c1ccc(Cn2nc(C(F)(F)F)c3c2NCCC3)cc1. The van der Waals surface area contributed by atoms with Gasteiger partial charge in [0.25, 0.3) is 0 Å². The molecular weight excluding hydrogens is 311 g/mol. The van der Waals surface area contributed by atoms with Crippen molar-refractivity contribution in [3.8, 4) is 0 Å². The number of carboxylic acids is 1. The van der Waals surface area contributed by atoms with E-state index in [-0.39, 0.29) is 17.7 Å². The third-order valence-corrected chi connectivity index (χ3v) is 3.75. The van der Waals surface area contributed by atoms with Gasteiger partial charge in [-0.3, -0.25) is 0 Å². The molecule has 0 spiro atoms. The highest BCUT2D eigenvalue weighted by molar-refractivity contribution is 5.87. The highest BCUT2D eigenvalue weighted by Gasteiger charge is 2.39. The Morgan fingerprint density at radius 1 is 1.30 bits per heavy atom. The van der Waals surface area contributed by atoms with Crippen LogP contribution in [0.25, 0.3) is 0 Å². The van der Waals surface area contributed by atoms with Gasteiger partial charge >= 0.3 is 12.1 Å². The van der Waals surface area contributed by atoms with Crippen molar-refractivity contribution in [3.63, 3.8) is 0 Å². The van der Waals surface area contributed by atoms with Crippen LogP contribution in [-0.2, 0) is 19.1 Å². The van der Waals surface area contributed by atoms with Crippen molar-refractivity contribution in [2.45, 2.75) is 25.6 Å². The molecule has 0 unspecified atom stereocenters. The summed E-state index contributed by atoms with van der Waals surface area (Å²) in [4.78, 5) is 10.8. The van der Waals surface area contributed by atoms with E-state index in [4.69, 9.17) is 5.11 Å². The van der Waals surface area contributed by atoms with Gasteiger partial charge in [0.05, 0.1) is 12.1 Å². The van der Waals surface area contributed by atoms with Gasteiger partial charge in [0, 0.05) is 12.1 Å². The summed E-state index contributed by atoms with van der Waals surface area (Å²) in [5.41, 5.74) is 0.166. The van der Waals surface area contributed by atoms with E-state index < -0.39 is 17.8 Å². The molecule has 1 aliphatic rings. The Morgan fingerprint density at radius 2 is 2.00 bits per heavy atom. The van der Waals surface area contributed by atoms with Crippen LogP contribution in [0.15, 0.2) is 24.3 Å². The fourth-order valence-corrected chi connectivity index (χ4v) is 2.67. The van der Waals surface area contributed by atoms with Gasteiger partial charge in [-0.15, -0.1) is 0 Å². The van der Waals surface area contributed by atoms with Crippen LogP contribution in [0.4, 0.5) is 19.0 Å². The van der Waals surface area contributed by atoms with E-state index in [0.717, 1.165) is 0 Å². The van der Waals surface area contributed by atoms with E-state index >= 15 is 0 Å². The van der Waals surface area contributed by atoms with Gasteiger partial charge in [0.1, 0.15) is 5.82 Å². The number of benzene rings is 1. The monoisotopic (exact) mass is 325 g/mol. The van der Waals surface area contributed by atoms with Crippen molar-refractivity contribution in [2.24, 2.45) is 0 Å². The number of carboxylic acid groups (broad SMARTS) is 1. The summed E-state index contributed by atoms with van der Waals surface area (Å²) in [7, 11) is 0. The largest absolute Gasteiger partial charge is 0.478 e. The van der Waals surface area contributed by atoms with Gasteiger partial charge in [-0.05, 0) is 30.5 Å². The molecule has 0 atom stereocenters. The van der Waals surface area contributed by atoms with E-state index in [1.165, 1.54) is 16.8 Å². The molecule has 1 aromatic carbocycles. The molecule has 5 nitrogen and oxygen atoms in total. The maximum Gasteiger partial charge on any atom is 0.435 e. The zero-order valence-corrected chi connectivity index (χ0v) is 12.0. The smallest absolute Gasteiger partial charge is 0.435 e. The minimum atomic E-state index is -4.48. The molecule has 122 valence electrons. The van der Waals surface area contributed by atoms with Gasteiger partial charge in [-0.2, -0.15) is 18.3 Å². The van der Waals surface area contributed by atoms with Gasteiger partial charge in [0.15, 0.2) is 5.69 Å². The summed E-state index contributed by atoms with van der Waals surface area (Å²) >= 11 is 0. The Kier molecular flexibility index (Phi) is 3.75. The lowest BCUT2D eigenvalue weighted by Crippen LogP contribution is -2.16. The first-order chi connectivity index (χ1) is 10.9. The maximum atomic E-state index is 13.1. The topological polar surface area (TPSA) is 67.1 Å². The lowest BCUT2D eigenvalue weighted by molar-refractivity contribution is -0.142. The molecule has 2 aromatic rings. The number of carbonyl (C=O) groups is 1. The molecule has 8 heteroatoms.